The number of aryl methyl sites for hydroxylation is 1. The molecular weight excluding hydrogens is 202 g/mol. The zero-order chi connectivity index (χ0) is 11.1. The number of fused-ring (bicyclic) bond motifs is 1. The van der Waals surface area contributed by atoms with Gasteiger partial charge in [-0.3, -0.25) is 4.68 Å². The van der Waals surface area contributed by atoms with Crippen molar-refractivity contribution in [1.29, 1.82) is 0 Å². The molecule has 1 aliphatic rings. The molecule has 0 fully saturated rings. The van der Waals surface area contributed by atoms with Gasteiger partial charge in [0.1, 0.15) is 5.69 Å². The summed E-state index contributed by atoms with van der Waals surface area (Å²) in [6, 6.07) is 0.486. The van der Waals surface area contributed by atoms with Gasteiger partial charge in [0.15, 0.2) is 0 Å². The van der Waals surface area contributed by atoms with E-state index in [1.807, 2.05) is 30.2 Å². The molecule has 1 N–H and O–H groups in total. The number of rotatable bonds is 1. The monoisotopic (exact) mass is 217 g/mol. The van der Waals surface area contributed by atoms with Gasteiger partial charge < -0.3 is 5.32 Å². The van der Waals surface area contributed by atoms with Crippen molar-refractivity contribution >= 4 is 0 Å². The molecule has 16 heavy (non-hydrogen) atoms. The normalized spacial score (nSPS) is 19.8. The zero-order valence-corrected chi connectivity index (χ0v) is 9.51. The third-order valence-corrected chi connectivity index (χ3v) is 2.95. The van der Waals surface area contributed by atoms with Crippen molar-refractivity contribution < 1.29 is 0 Å². The van der Waals surface area contributed by atoms with Crippen molar-refractivity contribution in [2.75, 3.05) is 0 Å². The topological polar surface area (TPSA) is 47.7 Å². The second-order valence-corrected chi connectivity index (χ2v) is 4.40. The molecule has 0 saturated carbocycles. The zero-order valence-electron chi connectivity index (χ0n) is 9.51. The first-order chi connectivity index (χ1) is 7.74. The molecule has 2 aromatic heterocycles. The van der Waals surface area contributed by atoms with E-state index in [-0.39, 0.29) is 0 Å². The van der Waals surface area contributed by atoms with Crippen molar-refractivity contribution in [3.05, 3.63) is 29.8 Å². The van der Waals surface area contributed by atoms with Crippen LogP contribution < -0.4 is 5.32 Å². The van der Waals surface area contributed by atoms with E-state index in [1.54, 1.807) is 0 Å². The summed E-state index contributed by atoms with van der Waals surface area (Å²) in [5.74, 6) is 0. The number of hydrogen-bond acceptors (Lipinski definition) is 3. The van der Waals surface area contributed by atoms with E-state index < -0.39 is 0 Å². The molecule has 0 amide bonds. The minimum atomic E-state index is 0.486. The van der Waals surface area contributed by atoms with Crippen molar-refractivity contribution in [2.24, 2.45) is 0 Å². The lowest BCUT2D eigenvalue weighted by atomic mass is 10.2. The lowest BCUT2D eigenvalue weighted by molar-refractivity contribution is 0.388. The molecule has 84 valence electrons. The predicted molar refractivity (Wildman–Crippen MR) is 60.4 cm³/mol. The van der Waals surface area contributed by atoms with E-state index in [4.69, 9.17) is 0 Å². The van der Waals surface area contributed by atoms with Crippen molar-refractivity contribution in [3.63, 3.8) is 0 Å². The molecule has 1 aliphatic heterocycles. The van der Waals surface area contributed by atoms with Gasteiger partial charge in [-0.05, 0) is 19.4 Å². The van der Waals surface area contributed by atoms with Gasteiger partial charge in [0.05, 0.1) is 24.6 Å². The fourth-order valence-corrected chi connectivity index (χ4v) is 2.07. The number of nitrogens with one attached hydrogen (secondary N) is 1. The van der Waals surface area contributed by atoms with Gasteiger partial charge in [-0.2, -0.15) is 10.2 Å². The average molecular weight is 217 g/mol. The molecule has 0 radical (unpaired) electrons. The van der Waals surface area contributed by atoms with Crippen LogP contribution in [0.5, 0.6) is 0 Å². The highest BCUT2D eigenvalue weighted by atomic mass is 15.4. The lowest BCUT2D eigenvalue weighted by Gasteiger charge is -2.22. The van der Waals surface area contributed by atoms with Gasteiger partial charge in [0, 0.05) is 18.8 Å². The van der Waals surface area contributed by atoms with Crippen molar-refractivity contribution in [2.45, 2.75) is 33.0 Å². The highest BCUT2D eigenvalue weighted by Crippen LogP contribution is 2.17. The first kappa shape index (κ1) is 9.59. The Labute approximate surface area is 94.1 Å². The molecule has 3 rings (SSSR count). The Hall–Kier alpha value is -1.62. The minimum Gasteiger partial charge on any atom is -0.307 e. The molecule has 5 heteroatoms. The minimum absolute atomic E-state index is 0.486. The quantitative estimate of drug-likeness (QED) is 0.771. The van der Waals surface area contributed by atoms with Crippen LogP contribution in [0.15, 0.2) is 18.6 Å². The highest BCUT2D eigenvalue weighted by Gasteiger charge is 2.19. The number of aromatic nitrogens is 4. The summed E-state index contributed by atoms with van der Waals surface area (Å²) in [5, 5.41) is 12.2. The van der Waals surface area contributed by atoms with E-state index >= 15 is 0 Å². The van der Waals surface area contributed by atoms with Gasteiger partial charge in [-0.15, -0.1) is 0 Å². The molecule has 0 aliphatic carbocycles. The van der Waals surface area contributed by atoms with Gasteiger partial charge in [0.25, 0.3) is 0 Å². The summed E-state index contributed by atoms with van der Waals surface area (Å²) in [4.78, 5) is 0. The second-order valence-electron chi connectivity index (χ2n) is 4.40. The smallest absolute Gasteiger partial charge is 0.107 e. The third-order valence-electron chi connectivity index (χ3n) is 2.95. The molecule has 0 bridgehead atoms. The largest absolute Gasteiger partial charge is 0.307 e. The maximum atomic E-state index is 4.41. The van der Waals surface area contributed by atoms with Gasteiger partial charge in [0.2, 0.25) is 0 Å². The first-order valence-electron chi connectivity index (χ1n) is 5.54. The third kappa shape index (κ3) is 1.44. The molecule has 3 heterocycles. The Morgan fingerprint density at radius 1 is 1.38 bits per heavy atom. The van der Waals surface area contributed by atoms with Crippen molar-refractivity contribution in [1.82, 2.24) is 24.9 Å². The van der Waals surface area contributed by atoms with E-state index in [2.05, 4.69) is 27.1 Å². The van der Waals surface area contributed by atoms with Crippen LogP contribution in [0, 0.1) is 6.92 Å². The molecule has 0 aromatic carbocycles. The van der Waals surface area contributed by atoms with Gasteiger partial charge in [-0.25, -0.2) is 4.68 Å². The SMILES string of the molecule is Cc1cnn(-c2cnn3c2CNC(C)C3)c1. The van der Waals surface area contributed by atoms with Crippen LogP contribution in [-0.2, 0) is 13.1 Å². The summed E-state index contributed by atoms with van der Waals surface area (Å²) < 4.78 is 3.96. The van der Waals surface area contributed by atoms with Gasteiger partial charge in [-0.1, -0.05) is 0 Å². The molecule has 1 atom stereocenters. The van der Waals surface area contributed by atoms with Crippen LogP contribution >= 0.6 is 0 Å². The van der Waals surface area contributed by atoms with Crippen LogP contribution in [0.25, 0.3) is 5.69 Å². The molecular formula is C11H15N5. The standard InChI is InChI=1S/C11H15N5/c1-8-3-13-15(6-8)11-5-14-16-7-9(2)12-4-10(11)16/h3,5-6,9,12H,4,7H2,1-2H3. The fourth-order valence-electron chi connectivity index (χ4n) is 2.07. The van der Waals surface area contributed by atoms with E-state index in [0.29, 0.717) is 6.04 Å². The highest BCUT2D eigenvalue weighted by molar-refractivity contribution is 5.35. The first-order valence-corrected chi connectivity index (χ1v) is 5.54. The van der Waals surface area contributed by atoms with E-state index in [9.17, 15) is 0 Å². The summed E-state index contributed by atoms with van der Waals surface area (Å²) in [7, 11) is 0. The van der Waals surface area contributed by atoms with Crippen LogP contribution in [0.1, 0.15) is 18.2 Å². The summed E-state index contributed by atoms with van der Waals surface area (Å²) in [5.41, 5.74) is 3.45. The Morgan fingerprint density at radius 2 is 2.25 bits per heavy atom. The predicted octanol–water partition coefficient (Wildman–Crippen LogP) is 0.869. The maximum absolute atomic E-state index is 4.41. The van der Waals surface area contributed by atoms with Crippen molar-refractivity contribution in [3.8, 4) is 5.69 Å². The number of hydrogen-bond donors (Lipinski definition) is 1. The Balaban J connectivity index is 2.03. The molecule has 2 aromatic rings. The van der Waals surface area contributed by atoms with Gasteiger partial charge >= 0.3 is 0 Å². The van der Waals surface area contributed by atoms with Crippen LogP contribution in [0.4, 0.5) is 0 Å². The molecule has 5 nitrogen and oxygen atoms in total. The Kier molecular flexibility index (Phi) is 2.07. The molecule has 0 spiro atoms. The summed E-state index contributed by atoms with van der Waals surface area (Å²) in [6.07, 6.45) is 5.78. The lowest BCUT2D eigenvalue weighted by Crippen LogP contribution is -2.37. The Morgan fingerprint density at radius 3 is 3.00 bits per heavy atom. The summed E-state index contributed by atoms with van der Waals surface area (Å²) in [6.45, 7) is 5.99. The van der Waals surface area contributed by atoms with Crippen LogP contribution in [0.3, 0.4) is 0 Å². The number of nitrogens with zero attached hydrogens (tertiary/aromatic N) is 4. The maximum Gasteiger partial charge on any atom is 0.107 e. The average Bonchev–Trinajstić information content (AvgIpc) is 2.83. The van der Waals surface area contributed by atoms with E-state index in [0.717, 1.165) is 24.3 Å². The molecule has 1 unspecified atom stereocenters. The van der Waals surface area contributed by atoms with Crippen LogP contribution in [-0.4, -0.2) is 25.6 Å². The Bertz CT molecular complexity index is 510. The molecule has 0 saturated heterocycles. The summed E-state index contributed by atoms with van der Waals surface area (Å²) >= 11 is 0. The fraction of sp³-hybridized carbons (Fsp3) is 0.455. The van der Waals surface area contributed by atoms with E-state index in [1.165, 1.54) is 5.69 Å². The van der Waals surface area contributed by atoms with Crippen LogP contribution in [0.2, 0.25) is 0 Å². The second kappa shape index (κ2) is 3.45.